The van der Waals surface area contributed by atoms with Gasteiger partial charge in [-0.25, -0.2) is 4.79 Å². The molecule has 1 saturated heterocycles. The van der Waals surface area contributed by atoms with Crippen LogP contribution in [0.4, 0.5) is 4.79 Å². The molecule has 2 rings (SSSR count). The zero-order valence-corrected chi connectivity index (χ0v) is 12.9. The van der Waals surface area contributed by atoms with E-state index in [0.717, 1.165) is 38.8 Å². The topological polar surface area (TPSA) is 81.7 Å². The van der Waals surface area contributed by atoms with Gasteiger partial charge in [-0.1, -0.05) is 13.3 Å². The first kappa shape index (κ1) is 16.1. The Morgan fingerprint density at radius 3 is 2.62 bits per heavy atom. The molecular formula is C15H27N3O3. The van der Waals surface area contributed by atoms with Gasteiger partial charge in [0.25, 0.3) is 0 Å². The first-order valence-corrected chi connectivity index (χ1v) is 8.02. The first-order valence-electron chi connectivity index (χ1n) is 8.02. The van der Waals surface area contributed by atoms with Crippen LogP contribution in [0.1, 0.15) is 45.4 Å². The number of likely N-dealkylation sites (N-methyl/N-ethyl adjacent to an activating group) is 1. The lowest BCUT2D eigenvalue weighted by Gasteiger charge is -2.40. The average molecular weight is 297 g/mol. The maximum absolute atomic E-state index is 11.9. The van der Waals surface area contributed by atoms with Crippen molar-refractivity contribution in [3.63, 3.8) is 0 Å². The number of carboxylic acids is 1. The molecule has 2 fully saturated rings. The number of aliphatic carboxylic acids is 1. The maximum Gasteiger partial charge on any atom is 0.314 e. The van der Waals surface area contributed by atoms with Gasteiger partial charge >= 0.3 is 12.0 Å². The SMILES string of the molecule is CCN1CCCC1CNC(=O)NCC1(CC(=O)O)CCC1. The van der Waals surface area contributed by atoms with Crippen LogP contribution in [0.15, 0.2) is 0 Å². The fourth-order valence-corrected chi connectivity index (χ4v) is 3.50. The molecule has 0 spiro atoms. The van der Waals surface area contributed by atoms with Crippen LogP contribution in [0.25, 0.3) is 0 Å². The number of hydrogen-bond donors (Lipinski definition) is 3. The van der Waals surface area contributed by atoms with Gasteiger partial charge in [-0.2, -0.15) is 0 Å². The second-order valence-corrected chi connectivity index (χ2v) is 6.41. The number of urea groups is 1. The zero-order valence-electron chi connectivity index (χ0n) is 12.9. The Morgan fingerprint density at radius 1 is 1.29 bits per heavy atom. The van der Waals surface area contributed by atoms with Crippen molar-refractivity contribution in [2.24, 2.45) is 5.41 Å². The van der Waals surface area contributed by atoms with E-state index in [2.05, 4.69) is 22.5 Å². The lowest BCUT2D eigenvalue weighted by atomic mass is 9.66. The van der Waals surface area contributed by atoms with E-state index in [9.17, 15) is 9.59 Å². The zero-order chi connectivity index (χ0) is 15.3. The van der Waals surface area contributed by atoms with Gasteiger partial charge in [0.2, 0.25) is 0 Å². The van der Waals surface area contributed by atoms with E-state index >= 15 is 0 Å². The molecule has 0 aromatic carbocycles. The molecule has 120 valence electrons. The highest BCUT2D eigenvalue weighted by Crippen LogP contribution is 2.43. The van der Waals surface area contributed by atoms with Crippen molar-refractivity contribution in [1.29, 1.82) is 0 Å². The second-order valence-electron chi connectivity index (χ2n) is 6.41. The average Bonchev–Trinajstić information content (AvgIpc) is 2.86. The van der Waals surface area contributed by atoms with Gasteiger partial charge in [0.15, 0.2) is 0 Å². The Labute approximate surface area is 126 Å². The van der Waals surface area contributed by atoms with E-state index < -0.39 is 5.97 Å². The molecule has 6 nitrogen and oxygen atoms in total. The number of carboxylic acid groups (broad SMARTS) is 1. The van der Waals surface area contributed by atoms with E-state index in [1.54, 1.807) is 0 Å². The Morgan fingerprint density at radius 2 is 2.05 bits per heavy atom. The number of nitrogens with zero attached hydrogens (tertiary/aromatic N) is 1. The molecule has 2 amide bonds. The minimum Gasteiger partial charge on any atom is -0.481 e. The second kappa shape index (κ2) is 7.11. The molecule has 2 aliphatic rings. The molecule has 1 aliphatic carbocycles. The first-order chi connectivity index (χ1) is 10.0. The molecule has 0 bridgehead atoms. The Hall–Kier alpha value is -1.30. The van der Waals surface area contributed by atoms with Crippen LogP contribution >= 0.6 is 0 Å². The van der Waals surface area contributed by atoms with Crippen LogP contribution in [0.5, 0.6) is 0 Å². The number of carbonyl (C=O) groups is 2. The highest BCUT2D eigenvalue weighted by atomic mass is 16.4. The van der Waals surface area contributed by atoms with Crippen LogP contribution in [0.2, 0.25) is 0 Å². The minimum atomic E-state index is -0.776. The van der Waals surface area contributed by atoms with Gasteiger partial charge in [0.1, 0.15) is 0 Å². The Kier molecular flexibility index (Phi) is 5.45. The molecule has 1 atom stereocenters. The summed E-state index contributed by atoms with van der Waals surface area (Å²) in [7, 11) is 0. The summed E-state index contributed by atoms with van der Waals surface area (Å²) in [6.45, 7) is 5.42. The van der Waals surface area contributed by atoms with Crippen molar-refractivity contribution in [2.45, 2.75) is 51.5 Å². The summed E-state index contributed by atoms with van der Waals surface area (Å²) in [5.41, 5.74) is -0.216. The highest BCUT2D eigenvalue weighted by Gasteiger charge is 2.39. The van der Waals surface area contributed by atoms with Crippen molar-refractivity contribution in [3.05, 3.63) is 0 Å². The lowest BCUT2D eigenvalue weighted by Crippen LogP contribution is -2.48. The van der Waals surface area contributed by atoms with E-state index in [4.69, 9.17) is 5.11 Å². The molecule has 6 heteroatoms. The Balaban J connectivity index is 1.68. The molecule has 1 heterocycles. The number of likely N-dealkylation sites (tertiary alicyclic amines) is 1. The van der Waals surface area contributed by atoms with Crippen LogP contribution < -0.4 is 10.6 Å². The van der Waals surface area contributed by atoms with Crippen LogP contribution in [0, 0.1) is 5.41 Å². The number of amides is 2. The van der Waals surface area contributed by atoms with Gasteiger partial charge in [-0.15, -0.1) is 0 Å². The third-order valence-electron chi connectivity index (χ3n) is 4.97. The van der Waals surface area contributed by atoms with Gasteiger partial charge in [0, 0.05) is 19.1 Å². The van der Waals surface area contributed by atoms with Crippen LogP contribution in [-0.4, -0.2) is 54.2 Å². The predicted molar refractivity (Wildman–Crippen MR) is 80.2 cm³/mol. The van der Waals surface area contributed by atoms with Gasteiger partial charge < -0.3 is 15.7 Å². The number of rotatable bonds is 7. The molecular weight excluding hydrogens is 270 g/mol. The van der Waals surface area contributed by atoms with Gasteiger partial charge in [-0.05, 0) is 44.2 Å². The summed E-state index contributed by atoms with van der Waals surface area (Å²) < 4.78 is 0. The fourth-order valence-electron chi connectivity index (χ4n) is 3.50. The Bertz CT molecular complexity index is 382. The van der Waals surface area contributed by atoms with Gasteiger partial charge in [0.05, 0.1) is 6.42 Å². The summed E-state index contributed by atoms with van der Waals surface area (Å²) in [5, 5.41) is 14.7. The molecule has 1 aliphatic heterocycles. The monoisotopic (exact) mass is 297 g/mol. The smallest absolute Gasteiger partial charge is 0.314 e. The third-order valence-corrected chi connectivity index (χ3v) is 4.97. The molecule has 21 heavy (non-hydrogen) atoms. The van der Waals surface area contributed by atoms with E-state index in [1.165, 1.54) is 6.42 Å². The molecule has 0 aromatic rings. The number of nitrogens with one attached hydrogen (secondary N) is 2. The van der Waals surface area contributed by atoms with Gasteiger partial charge in [-0.3, -0.25) is 9.69 Å². The standard InChI is InChI=1S/C15H27N3O3/c1-2-18-8-3-5-12(18)10-16-14(21)17-11-15(6-4-7-15)9-13(19)20/h12H,2-11H2,1H3,(H,19,20)(H2,16,17,21). The van der Waals surface area contributed by atoms with Crippen molar-refractivity contribution >= 4 is 12.0 Å². The summed E-state index contributed by atoms with van der Waals surface area (Å²) in [6.07, 6.45) is 5.34. The highest BCUT2D eigenvalue weighted by molar-refractivity contribution is 5.74. The van der Waals surface area contributed by atoms with Crippen molar-refractivity contribution < 1.29 is 14.7 Å². The number of hydrogen-bond acceptors (Lipinski definition) is 3. The van der Waals surface area contributed by atoms with Crippen LogP contribution in [0.3, 0.4) is 0 Å². The maximum atomic E-state index is 11.9. The molecule has 0 aromatic heterocycles. The third kappa shape index (κ3) is 4.33. The normalized spacial score (nSPS) is 24.3. The van der Waals surface area contributed by atoms with E-state index in [-0.39, 0.29) is 17.9 Å². The fraction of sp³-hybridized carbons (Fsp3) is 0.867. The van der Waals surface area contributed by atoms with Crippen molar-refractivity contribution in [3.8, 4) is 0 Å². The van der Waals surface area contributed by atoms with Crippen molar-refractivity contribution in [2.75, 3.05) is 26.2 Å². The summed E-state index contributed by atoms with van der Waals surface area (Å²) in [6, 6.07) is 0.270. The minimum absolute atomic E-state index is 0.152. The summed E-state index contributed by atoms with van der Waals surface area (Å²) in [5.74, 6) is -0.776. The predicted octanol–water partition coefficient (Wildman–Crippen LogP) is 1.41. The van der Waals surface area contributed by atoms with E-state index in [1.807, 2.05) is 0 Å². The van der Waals surface area contributed by atoms with Crippen molar-refractivity contribution in [1.82, 2.24) is 15.5 Å². The summed E-state index contributed by atoms with van der Waals surface area (Å²) in [4.78, 5) is 25.2. The van der Waals surface area contributed by atoms with E-state index in [0.29, 0.717) is 19.1 Å². The lowest BCUT2D eigenvalue weighted by molar-refractivity contribution is -0.141. The largest absolute Gasteiger partial charge is 0.481 e. The number of carbonyl (C=O) groups excluding carboxylic acids is 1. The molecule has 0 radical (unpaired) electrons. The summed E-state index contributed by atoms with van der Waals surface area (Å²) >= 11 is 0. The molecule has 3 N–H and O–H groups in total. The molecule has 1 saturated carbocycles. The van der Waals surface area contributed by atoms with Crippen LogP contribution in [-0.2, 0) is 4.79 Å². The molecule has 1 unspecified atom stereocenters. The quantitative estimate of drug-likeness (QED) is 0.664.